The van der Waals surface area contributed by atoms with E-state index in [9.17, 15) is 0 Å². The van der Waals surface area contributed by atoms with Gasteiger partial charge >= 0.3 is 0 Å². The molecule has 0 radical (unpaired) electrons. The van der Waals surface area contributed by atoms with Crippen molar-refractivity contribution in [3.05, 3.63) is 95.1 Å². The molecule has 31 heavy (non-hydrogen) atoms. The monoisotopic (exact) mass is 412 g/mol. The van der Waals surface area contributed by atoms with Gasteiger partial charge in [-0.3, -0.25) is 0 Å². The molecule has 160 valence electrons. The Labute approximate surface area is 184 Å². The van der Waals surface area contributed by atoms with Gasteiger partial charge in [-0.2, -0.15) is 0 Å². The normalized spacial score (nSPS) is 11.1. The average molecular weight is 413 g/mol. The molecule has 0 aliphatic rings. The van der Waals surface area contributed by atoms with E-state index in [2.05, 4.69) is 50.2 Å². The van der Waals surface area contributed by atoms with E-state index < -0.39 is 0 Å². The second-order valence-electron chi connectivity index (χ2n) is 8.67. The summed E-state index contributed by atoms with van der Waals surface area (Å²) in [4.78, 5) is 0. The zero-order chi connectivity index (χ0) is 22.8. The average Bonchev–Trinajstić information content (AvgIpc) is 2.70. The highest BCUT2D eigenvalue weighted by Gasteiger charge is 2.22. The molecule has 4 heteroatoms. The predicted octanol–water partition coefficient (Wildman–Crippen LogP) is 5.80. The van der Waals surface area contributed by atoms with E-state index in [0.717, 1.165) is 44.6 Å². The second kappa shape index (κ2) is 8.60. The van der Waals surface area contributed by atoms with Gasteiger partial charge in [0.25, 0.3) is 0 Å². The minimum Gasteiger partial charge on any atom is -0.399 e. The Bertz CT molecular complexity index is 1100. The maximum atomic E-state index is 5.94. The molecule has 8 N–H and O–H groups in total. The standard InChI is InChI=1S/C15H18N2.C12H14N2/c1-15(2,11-3-7-13(16)8-4-11)12-5-9-14(17)10-6-12;1-7-3-9-10(11(13)5-7)4-8(2)6-12(9)14/h3-10H,16-17H2,1-2H3;3-6H,13-14H2,1-2H3. The van der Waals surface area contributed by atoms with Crippen molar-refractivity contribution in [2.75, 3.05) is 22.9 Å². The minimum atomic E-state index is -0.0403. The first-order chi connectivity index (χ1) is 14.6. The van der Waals surface area contributed by atoms with Crippen LogP contribution in [0.4, 0.5) is 22.7 Å². The summed E-state index contributed by atoms with van der Waals surface area (Å²) in [6.07, 6.45) is 0. The minimum absolute atomic E-state index is 0.0403. The lowest BCUT2D eigenvalue weighted by Gasteiger charge is -2.26. The summed E-state index contributed by atoms with van der Waals surface area (Å²) in [7, 11) is 0. The van der Waals surface area contributed by atoms with Crippen molar-refractivity contribution in [3.8, 4) is 0 Å². The maximum Gasteiger partial charge on any atom is 0.0397 e. The molecule has 0 atom stereocenters. The molecule has 0 heterocycles. The van der Waals surface area contributed by atoms with Gasteiger partial charge in [-0.1, -0.05) is 38.1 Å². The molecule has 4 aromatic rings. The Morgan fingerprint density at radius 3 is 1.16 bits per heavy atom. The van der Waals surface area contributed by atoms with Gasteiger partial charge in [0.1, 0.15) is 0 Å². The Balaban J connectivity index is 0.000000179. The molecule has 0 aromatic heterocycles. The smallest absolute Gasteiger partial charge is 0.0397 e. The fourth-order valence-corrected chi connectivity index (χ4v) is 3.78. The number of hydrogen-bond donors (Lipinski definition) is 4. The van der Waals surface area contributed by atoms with Gasteiger partial charge in [0.2, 0.25) is 0 Å². The van der Waals surface area contributed by atoms with Crippen LogP contribution in [-0.2, 0) is 5.41 Å². The number of rotatable bonds is 2. The van der Waals surface area contributed by atoms with Crippen LogP contribution in [0.3, 0.4) is 0 Å². The molecule has 0 amide bonds. The highest BCUT2D eigenvalue weighted by molar-refractivity contribution is 6.01. The van der Waals surface area contributed by atoms with Crippen LogP contribution in [0.5, 0.6) is 0 Å². The van der Waals surface area contributed by atoms with Crippen molar-refractivity contribution in [1.82, 2.24) is 0 Å². The third-order valence-electron chi connectivity index (χ3n) is 5.69. The third-order valence-corrected chi connectivity index (χ3v) is 5.69. The van der Waals surface area contributed by atoms with Crippen LogP contribution in [0.15, 0.2) is 72.8 Å². The van der Waals surface area contributed by atoms with Gasteiger partial charge in [0, 0.05) is 38.9 Å². The van der Waals surface area contributed by atoms with E-state index in [-0.39, 0.29) is 5.41 Å². The van der Waals surface area contributed by atoms with Crippen molar-refractivity contribution in [1.29, 1.82) is 0 Å². The number of benzene rings is 4. The Kier molecular flexibility index (Phi) is 6.11. The number of aryl methyl sites for hydroxylation is 2. The first-order valence-electron chi connectivity index (χ1n) is 10.4. The van der Waals surface area contributed by atoms with Gasteiger partial charge in [0.05, 0.1) is 0 Å². The highest BCUT2D eigenvalue weighted by atomic mass is 14.6. The predicted molar refractivity (Wildman–Crippen MR) is 136 cm³/mol. The number of anilines is 4. The number of nitrogen functional groups attached to an aromatic ring is 4. The first kappa shape index (κ1) is 22.0. The fourth-order valence-electron chi connectivity index (χ4n) is 3.78. The van der Waals surface area contributed by atoms with Crippen molar-refractivity contribution in [2.24, 2.45) is 0 Å². The molecule has 0 fully saturated rings. The van der Waals surface area contributed by atoms with Crippen LogP contribution in [0.25, 0.3) is 10.8 Å². The van der Waals surface area contributed by atoms with Crippen LogP contribution in [-0.4, -0.2) is 0 Å². The van der Waals surface area contributed by atoms with Gasteiger partial charge in [-0.05, 0) is 84.6 Å². The molecule has 4 rings (SSSR count). The second-order valence-corrected chi connectivity index (χ2v) is 8.67. The molecule has 0 saturated heterocycles. The molecular formula is C27H32N4. The van der Waals surface area contributed by atoms with Crippen LogP contribution in [0.2, 0.25) is 0 Å². The Hall–Kier alpha value is -3.66. The molecule has 0 bridgehead atoms. The summed E-state index contributed by atoms with van der Waals surface area (Å²) < 4.78 is 0. The summed E-state index contributed by atoms with van der Waals surface area (Å²) in [6, 6.07) is 24.1. The number of hydrogen-bond acceptors (Lipinski definition) is 4. The third kappa shape index (κ3) is 4.92. The van der Waals surface area contributed by atoms with E-state index in [0.29, 0.717) is 0 Å². The molecule has 0 saturated carbocycles. The van der Waals surface area contributed by atoms with Gasteiger partial charge in [-0.25, -0.2) is 0 Å². The van der Waals surface area contributed by atoms with Crippen molar-refractivity contribution < 1.29 is 0 Å². The molecule has 4 nitrogen and oxygen atoms in total. The van der Waals surface area contributed by atoms with Crippen molar-refractivity contribution in [2.45, 2.75) is 33.1 Å². The maximum absolute atomic E-state index is 5.94. The summed E-state index contributed by atoms with van der Waals surface area (Å²) in [5.74, 6) is 0. The van der Waals surface area contributed by atoms with Crippen LogP contribution in [0, 0.1) is 13.8 Å². The summed E-state index contributed by atoms with van der Waals surface area (Å²) in [5, 5.41) is 2.10. The fraction of sp³-hybridized carbons (Fsp3) is 0.185. The molecular weight excluding hydrogens is 380 g/mol. The van der Waals surface area contributed by atoms with E-state index in [4.69, 9.17) is 22.9 Å². The summed E-state index contributed by atoms with van der Waals surface area (Å²) >= 11 is 0. The molecule has 4 aromatic carbocycles. The lowest BCUT2D eigenvalue weighted by Crippen LogP contribution is -2.18. The Morgan fingerprint density at radius 2 is 0.839 bits per heavy atom. The SMILES string of the molecule is CC(C)(c1ccc(N)cc1)c1ccc(N)cc1.Cc1cc(N)c2cc(C)cc(N)c2c1. The Morgan fingerprint density at radius 1 is 0.516 bits per heavy atom. The van der Waals surface area contributed by atoms with E-state index in [1.807, 2.05) is 50.2 Å². The van der Waals surface area contributed by atoms with Crippen molar-refractivity contribution >= 4 is 33.5 Å². The molecule has 0 aliphatic heterocycles. The van der Waals surface area contributed by atoms with Crippen LogP contribution >= 0.6 is 0 Å². The first-order valence-corrected chi connectivity index (χ1v) is 10.4. The van der Waals surface area contributed by atoms with Gasteiger partial charge in [0.15, 0.2) is 0 Å². The number of fused-ring (bicyclic) bond motifs is 1. The van der Waals surface area contributed by atoms with E-state index >= 15 is 0 Å². The molecule has 0 aliphatic carbocycles. The summed E-state index contributed by atoms with van der Waals surface area (Å²) in [6.45, 7) is 8.44. The largest absolute Gasteiger partial charge is 0.399 e. The van der Waals surface area contributed by atoms with Crippen LogP contribution < -0.4 is 22.9 Å². The number of nitrogens with two attached hydrogens (primary N) is 4. The van der Waals surface area contributed by atoms with E-state index in [1.165, 1.54) is 11.1 Å². The quantitative estimate of drug-likeness (QED) is 0.312. The van der Waals surface area contributed by atoms with Crippen LogP contribution in [0.1, 0.15) is 36.1 Å². The van der Waals surface area contributed by atoms with Gasteiger partial charge in [-0.15, -0.1) is 0 Å². The van der Waals surface area contributed by atoms with E-state index in [1.54, 1.807) is 0 Å². The van der Waals surface area contributed by atoms with Gasteiger partial charge < -0.3 is 22.9 Å². The molecule has 0 unspecified atom stereocenters. The lowest BCUT2D eigenvalue weighted by atomic mass is 9.78. The lowest BCUT2D eigenvalue weighted by molar-refractivity contribution is 0.641. The highest BCUT2D eigenvalue weighted by Crippen LogP contribution is 2.32. The molecule has 0 spiro atoms. The van der Waals surface area contributed by atoms with Crippen molar-refractivity contribution in [3.63, 3.8) is 0 Å². The zero-order valence-electron chi connectivity index (χ0n) is 18.7. The topological polar surface area (TPSA) is 104 Å². The zero-order valence-corrected chi connectivity index (χ0v) is 18.7. The summed E-state index contributed by atoms with van der Waals surface area (Å²) in [5.41, 5.74) is 31.2.